The van der Waals surface area contributed by atoms with Gasteiger partial charge in [-0.05, 0) is 37.1 Å². The van der Waals surface area contributed by atoms with Gasteiger partial charge in [-0.15, -0.1) is 0 Å². The van der Waals surface area contributed by atoms with Crippen LogP contribution in [0.4, 0.5) is 0 Å². The fraction of sp³-hybridized carbons (Fsp3) is 0.375. The van der Waals surface area contributed by atoms with Crippen LogP contribution in [-0.2, 0) is 19.5 Å². The molecule has 0 amide bonds. The van der Waals surface area contributed by atoms with Crippen molar-refractivity contribution in [2.45, 2.75) is 39.4 Å². The maximum Gasteiger partial charge on any atom is 0.168 e. The largest absolute Gasteiger partial charge is 0.309 e. The second-order valence-corrected chi connectivity index (χ2v) is 5.57. The van der Waals surface area contributed by atoms with Crippen molar-refractivity contribution in [1.29, 1.82) is 0 Å². The van der Waals surface area contributed by atoms with Crippen LogP contribution in [0.25, 0.3) is 0 Å². The van der Waals surface area contributed by atoms with Gasteiger partial charge in [-0.25, -0.2) is 0 Å². The van der Waals surface area contributed by atoms with E-state index in [0.717, 1.165) is 24.3 Å². The number of fused-ring (bicyclic) bond motifs is 1. The number of carbonyl (C=O) groups excluding carboxylic acids is 1. The lowest BCUT2D eigenvalue weighted by Crippen LogP contribution is -2.07. The molecule has 3 rings (SSSR count). The molecule has 0 bridgehead atoms. The lowest BCUT2D eigenvalue weighted by molar-refractivity contribution is 0.0991. The van der Waals surface area contributed by atoms with Gasteiger partial charge in [-0.1, -0.05) is 12.1 Å². The molecule has 0 atom stereocenters. The predicted molar refractivity (Wildman–Crippen MR) is 77.6 cm³/mol. The smallest absolute Gasteiger partial charge is 0.168 e. The van der Waals surface area contributed by atoms with Gasteiger partial charge in [-0.3, -0.25) is 9.48 Å². The van der Waals surface area contributed by atoms with Crippen molar-refractivity contribution in [2.75, 3.05) is 0 Å². The van der Waals surface area contributed by atoms with Crippen molar-refractivity contribution in [1.82, 2.24) is 15.1 Å². The minimum absolute atomic E-state index is 0.133. The van der Waals surface area contributed by atoms with Crippen LogP contribution >= 0.6 is 0 Å². The Morgan fingerprint density at radius 2 is 2.10 bits per heavy atom. The van der Waals surface area contributed by atoms with Crippen LogP contribution in [0.5, 0.6) is 0 Å². The SMILES string of the molecule is CC(C)n1ccc(CC(=O)c2ccc3c(c2)CNC3)n1. The first kappa shape index (κ1) is 13.1. The first-order valence-corrected chi connectivity index (χ1v) is 7.03. The van der Waals surface area contributed by atoms with Crippen molar-refractivity contribution >= 4 is 5.78 Å². The summed E-state index contributed by atoms with van der Waals surface area (Å²) < 4.78 is 1.88. The van der Waals surface area contributed by atoms with Gasteiger partial charge < -0.3 is 5.32 Å². The number of nitrogens with zero attached hydrogens (tertiary/aromatic N) is 2. The van der Waals surface area contributed by atoms with Gasteiger partial charge in [0, 0.05) is 30.9 Å². The molecule has 0 saturated heterocycles. The van der Waals surface area contributed by atoms with Crippen LogP contribution in [-0.4, -0.2) is 15.6 Å². The Morgan fingerprint density at radius 3 is 2.85 bits per heavy atom. The van der Waals surface area contributed by atoms with Gasteiger partial charge in [0.2, 0.25) is 0 Å². The molecule has 1 aromatic carbocycles. The molecule has 4 heteroatoms. The molecule has 104 valence electrons. The molecule has 0 saturated carbocycles. The second kappa shape index (κ2) is 5.21. The van der Waals surface area contributed by atoms with Crippen molar-refractivity contribution in [3.63, 3.8) is 0 Å². The lowest BCUT2D eigenvalue weighted by Gasteiger charge is -2.04. The summed E-state index contributed by atoms with van der Waals surface area (Å²) in [4.78, 5) is 12.3. The van der Waals surface area contributed by atoms with Gasteiger partial charge in [0.15, 0.2) is 5.78 Å². The van der Waals surface area contributed by atoms with Gasteiger partial charge in [-0.2, -0.15) is 5.10 Å². The topological polar surface area (TPSA) is 46.9 Å². The molecule has 1 N–H and O–H groups in total. The maximum absolute atomic E-state index is 12.3. The van der Waals surface area contributed by atoms with E-state index in [9.17, 15) is 4.79 Å². The second-order valence-electron chi connectivity index (χ2n) is 5.57. The Labute approximate surface area is 118 Å². The van der Waals surface area contributed by atoms with E-state index in [2.05, 4.69) is 30.3 Å². The molecule has 0 unspecified atom stereocenters. The zero-order valence-corrected chi connectivity index (χ0v) is 11.9. The fourth-order valence-electron chi connectivity index (χ4n) is 2.49. The van der Waals surface area contributed by atoms with E-state index in [1.54, 1.807) is 0 Å². The summed E-state index contributed by atoms with van der Waals surface area (Å²) >= 11 is 0. The number of hydrogen-bond acceptors (Lipinski definition) is 3. The third-order valence-corrected chi connectivity index (χ3v) is 3.69. The number of carbonyl (C=O) groups is 1. The summed E-state index contributed by atoms with van der Waals surface area (Å²) in [7, 11) is 0. The number of nitrogens with one attached hydrogen (secondary N) is 1. The van der Waals surface area contributed by atoms with Gasteiger partial charge >= 0.3 is 0 Å². The molecule has 20 heavy (non-hydrogen) atoms. The van der Waals surface area contributed by atoms with Crippen molar-refractivity contribution in [3.05, 3.63) is 52.8 Å². The highest BCUT2D eigenvalue weighted by molar-refractivity contribution is 5.97. The summed E-state index contributed by atoms with van der Waals surface area (Å²) in [5.41, 5.74) is 4.16. The van der Waals surface area contributed by atoms with Crippen LogP contribution in [0, 0.1) is 0 Å². The molecule has 2 aromatic rings. The third-order valence-electron chi connectivity index (χ3n) is 3.69. The molecule has 4 nitrogen and oxygen atoms in total. The quantitative estimate of drug-likeness (QED) is 0.867. The highest BCUT2D eigenvalue weighted by Crippen LogP contribution is 2.18. The number of hydrogen-bond donors (Lipinski definition) is 1. The first-order chi connectivity index (χ1) is 9.63. The number of ketones is 1. The number of aromatic nitrogens is 2. The molecular weight excluding hydrogens is 250 g/mol. The van der Waals surface area contributed by atoms with Crippen molar-refractivity contribution < 1.29 is 4.79 Å². The van der Waals surface area contributed by atoms with Gasteiger partial charge in [0.25, 0.3) is 0 Å². The summed E-state index contributed by atoms with van der Waals surface area (Å²) in [6.07, 6.45) is 2.30. The van der Waals surface area contributed by atoms with E-state index in [0.29, 0.717) is 12.5 Å². The summed E-state index contributed by atoms with van der Waals surface area (Å²) in [5, 5.41) is 7.72. The maximum atomic E-state index is 12.3. The van der Waals surface area contributed by atoms with Gasteiger partial charge in [0.1, 0.15) is 0 Å². The number of benzene rings is 1. The van der Waals surface area contributed by atoms with E-state index in [4.69, 9.17) is 0 Å². The number of rotatable bonds is 4. The molecule has 0 aliphatic carbocycles. The highest BCUT2D eigenvalue weighted by Gasteiger charge is 2.14. The zero-order valence-electron chi connectivity index (χ0n) is 11.9. The summed E-state index contributed by atoms with van der Waals surface area (Å²) in [6, 6.07) is 8.23. The van der Waals surface area contributed by atoms with Crippen LogP contribution < -0.4 is 5.32 Å². The van der Waals surface area contributed by atoms with Crippen molar-refractivity contribution in [2.24, 2.45) is 0 Å². The van der Waals surface area contributed by atoms with Crippen LogP contribution in [0.15, 0.2) is 30.5 Å². The van der Waals surface area contributed by atoms with Crippen LogP contribution in [0.1, 0.15) is 47.1 Å². The Kier molecular flexibility index (Phi) is 3.40. The number of Topliss-reactive ketones (excluding diaryl/α,β-unsaturated/α-hetero) is 1. The zero-order chi connectivity index (χ0) is 14.1. The Bertz CT molecular complexity index is 643. The molecule has 0 fully saturated rings. The Morgan fingerprint density at radius 1 is 1.30 bits per heavy atom. The lowest BCUT2D eigenvalue weighted by atomic mass is 10.0. The average Bonchev–Trinajstić information content (AvgIpc) is 3.05. The van der Waals surface area contributed by atoms with E-state index in [-0.39, 0.29) is 5.78 Å². The van der Waals surface area contributed by atoms with Crippen LogP contribution in [0.3, 0.4) is 0 Å². The molecule has 0 radical (unpaired) electrons. The molecule has 2 heterocycles. The van der Waals surface area contributed by atoms with Crippen LogP contribution in [0.2, 0.25) is 0 Å². The fourth-order valence-corrected chi connectivity index (χ4v) is 2.49. The Balaban J connectivity index is 1.75. The summed E-state index contributed by atoms with van der Waals surface area (Å²) in [6.45, 7) is 5.92. The Hall–Kier alpha value is -1.94. The van der Waals surface area contributed by atoms with Gasteiger partial charge in [0.05, 0.1) is 12.1 Å². The standard InChI is InChI=1S/C16H19N3O/c1-11(2)19-6-5-15(18-19)8-16(20)12-3-4-13-9-17-10-14(13)7-12/h3-7,11,17H,8-10H2,1-2H3. The van der Waals surface area contributed by atoms with E-state index in [1.807, 2.05) is 29.1 Å². The minimum atomic E-state index is 0.133. The first-order valence-electron chi connectivity index (χ1n) is 7.03. The molecular formula is C16H19N3O. The van der Waals surface area contributed by atoms with E-state index in [1.165, 1.54) is 11.1 Å². The summed E-state index contributed by atoms with van der Waals surface area (Å²) in [5.74, 6) is 0.133. The average molecular weight is 269 g/mol. The predicted octanol–water partition coefficient (Wildman–Crippen LogP) is 2.49. The normalized spacial score (nSPS) is 13.8. The monoisotopic (exact) mass is 269 g/mol. The van der Waals surface area contributed by atoms with Crippen molar-refractivity contribution in [3.8, 4) is 0 Å². The minimum Gasteiger partial charge on any atom is -0.309 e. The highest BCUT2D eigenvalue weighted by atomic mass is 16.1. The molecule has 0 spiro atoms. The third kappa shape index (κ3) is 2.51. The molecule has 1 aromatic heterocycles. The molecule has 1 aliphatic heterocycles. The molecule has 1 aliphatic rings. The van der Waals surface area contributed by atoms with E-state index >= 15 is 0 Å². The van der Waals surface area contributed by atoms with E-state index < -0.39 is 0 Å².